The standard InChI is InChI=1S/C13H14BrNO2/c14-8-4-5-9-15-12(16)10-6-2-1-3-7-11(10)13(15)17/h1-3,6-7,10H,4-5,8-9H2. The molecule has 1 unspecified atom stereocenters. The number of halogens is 1. The Kier molecular flexibility index (Phi) is 3.94. The molecule has 2 aliphatic rings. The SMILES string of the molecule is O=C1C2=CC=CC=CC2C(=O)N1CCCCBr. The molecule has 0 aromatic heterocycles. The first-order valence-corrected chi connectivity index (χ1v) is 6.84. The van der Waals surface area contributed by atoms with E-state index in [1.54, 1.807) is 18.2 Å². The summed E-state index contributed by atoms with van der Waals surface area (Å²) in [5, 5.41) is 0.901. The van der Waals surface area contributed by atoms with E-state index in [1.165, 1.54) is 4.90 Å². The largest absolute Gasteiger partial charge is 0.278 e. The van der Waals surface area contributed by atoms with Crippen LogP contribution in [0.1, 0.15) is 12.8 Å². The molecule has 0 bridgehead atoms. The van der Waals surface area contributed by atoms with Crippen molar-refractivity contribution in [1.29, 1.82) is 0 Å². The maximum absolute atomic E-state index is 12.1. The number of carbonyl (C=O) groups is 2. The van der Waals surface area contributed by atoms with Crippen molar-refractivity contribution in [1.82, 2.24) is 4.90 Å². The molecule has 0 aromatic carbocycles. The summed E-state index contributed by atoms with van der Waals surface area (Å²) >= 11 is 3.34. The minimum Gasteiger partial charge on any atom is -0.278 e. The molecule has 1 aliphatic carbocycles. The Morgan fingerprint density at radius 1 is 1.18 bits per heavy atom. The number of fused-ring (bicyclic) bond motifs is 1. The van der Waals surface area contributed by atoms with Gasteiger partial charge in [0, 0.05) is 17.4 Å². The van der Waals surface area contributed by atoms with Crippen LogP contribution in [-0.2, 0) is 9.59 Å². The average molecular weight is 296 g/mol. The van der Waals surface area contributed by atoms with Gasteiger partial charge in [0.05, 0.1) is 5.92 Å². The fourth-order valence-electron chi connectivity index (χ4n) is 2.03. The van der Waals surface area contributed by atoms with Crippen LogP contribution in [0.4, 0.5) is 0 Å². The highest BCUT2D eigenvalue weighted by molar-refractivity contribution is 9.09. The minimum absolute atomic E-state index is 0.0872. The predicted octanol–water partition coefficient (Wildman–Crippen LogP) is 2.20. The van der Waals surface area contributed by atoms with Gasteiger partial charge in [-0.05, 0) is 12.8 Å². The lowest BCUT2D eigenvalue weighted by atomic mass is 10.0. The molecule has 3 nitrogen and oxygen atoms in total. The van der Waals surface area contributed by atoms with Gasteiger partial charge in [-0.25, -0.2) is 0 Å². The quantitative estimate of drug-likeness (QED) is 0.453. The Balaban J connectivity index is 2.14. The van der Waals surface area contributed by atoms with E-state index in [1.807, 2.05) is 12.2 Å². The lowest BCUT2D eigenvalue weighted by Crippen LogP contribution is -2.31. The second-order valence-electron chi connectivity index (χ2n) is 4.06. The number of allylic oxidation sites excluding steroid dienone is 4. The highest BCUT2D eigenvalue weighted by atomic mass is 79.9. The lowest BCUT2D eigenvalue weighted by Gasteiger charge is -2.12. The van der Waals surface area contributed by atoms with Crippen LogP contribution in [0.5, 0.6) is 0 Å². The second kappa shape index (κ2) is 5.45. The van der Waals surface area contributed by atoms with Crippen molar-refractivity contribution in [2.45, 2.75) is 12.8 Å². The molecule has 0 saturated carbocycles. The Hall–Kier alpha value is -1.16. The summed E-state index contributed by atoms with van der Waals surface area (Å²) < 4.78 is 0. The van der Waals surface area contributed by atoms with Crippen molar-refractivity contribution in [3.63, 3.8) is 0 Å². The van der Waals surface area contributed by atoms with E-state index in [0.717, 1.165) is 18.2 Å². The first-order valence-electron chi connectivity index (χ1n) is 5.72. The zero-order chi connectivity index (χ0) is 12.3. The summed E-state index contributed by atoms with van der Waals surface area (Å²) in [5.41, 5.74) is 0.596. The molecule has 1 aliphatic heterocycles. The van der Waals surface area contributed by atoms with Gasteiger partial charge in [0.25, 0.3) is 5.91 Å². The second-order valence-corrected chi connectivity index (χ2v) is 4.85. The number of imide groups is 1. The van der Waals surface area contributed by atoms with Crippen LogP contribution in [0.25, 0.3) is 0 Å². The monoisotopic (exact) mass is 295 g/mol. The van der Waals surface area contributed by atoms with Gasteiger partial charge in [0.15, 0.2) is 0 Å². The highest BCUT2D eigenvalue weighted by Crippen LogP contribution is 2.28. The Bertz CT molecular complexity index is 423. The minimum atomic E-state index is -0.374. The molecule has 2 rings (SSSR count). The normalized spacial score (nSPS) is 22.8. The van der Waals surface area contributed by atoms with Crippen LogP contribution in [0, 0.1) is 5.92 Å². The van der Waals surface area contributed by atoms with Crippen molar-refractivity contribution in [2.24, 2.45) is 5.92 Å². The van der Waals surface area contributed by atoms with Gasteiger partial charge in [0.2, 0.25) is 5.91 Å². The molecule has 0 spiro atoms. The van der Waals surface area contributed by atoms with Crippen molar-refractivity contribution >= 4 is 27.7 Å². The van der Waals surface area contributed by atoms with Crippen LogP contribution in [0.15, 0.2) is 36.0 Å². The van der Waals surface area contributed by atoms with Gasteiger partial charge in [-0.2, -0.15) is 0 Å². The molecule has 2 amide bonds. The van der Waals surface area contributed by atoms with Gasteiger partial charge in [0.1, 0.15) is 0 Å². The molecular weight excluding hydrogens is 282 g/mol. The van der Waals surface area contributed by atoms with E-state index in [0.29, 0.717) is 12.1 Å². The number of amides is 2. The maximum atomic E-state index is 12.1. The smallest absolute Gasteiger partial charge is 0.257 e. The summed E-state index contributed by atoms with van der Waals surface area (Å²) in [6.45, 7) is 0.522. The van der Waals surface area contributed by atoms with Crippen molar-refractivity contribution in [3.8, 4) is 0 Å². The zero-order valence-corrected chi connectivity index (χ0v) is 11.0. The summed E-state index contributed by atoms with van der Waals surface area (Å²) in [7, 11) is 0. The molecule has 0 N–H and O–H groups in total. The van der Waals surface area contributed by atoms with Crippen LogP contribution >= 0.6 is 15.9 Å². The number of likely N-dealkylation sites (tertiary alicyclic amines) is 1. The van der Waals surface area contributed by atoms with Crippen LogP contribution in [-0.4, -0.2) is 28.6 Å². The number of carbonyl (C=O) groups excluding carboxylic acids is 2. The molecule has 0 aromatic rings. The van der Waals surface area contributed by atoms with Crippen molar-refractivity contribution < 1.29 is 9.59 Å². The van der Waals surface area contributed by atoms with Gasteiger partial charge >= 0.3 is 0 Å². The fourth-order valence-corrected chi connectivity index (χ4v) is 2.42. The molecule has 4 heteroatoms. The zero-order valence-electron chi connectivity index (χ0n) is 9.43. The summed E-state index contributed by atoms with van der Waals surface area (Å²) in [5.74, 6) is -0.594. The lowest BCUT2D eigenvalue weighted by molar-refractivity contribution is -0.138. The van der Waals surface area contributed by atoms with Crippen molar-refractivity contribution in [3.05, 3.63) is 36.0 Å². The van der Waals surface area contributed by atoms with Gasteiger partial charge in [-0.15, -0.1) is 0 Å². The number of alkyl halides is 1. The number of hydrogen-bond donors (Lipinski definition) is 0. The van der Waals surface area contributed by atoms with Crippen molar-refractivity contribution in [2.75, 3.05) is 11.9 Å². The molecule has 1 atom stereocenters. The third kappa shape index (κ3) is 2.41. The van der Waals surface area contributed by atoms with E-state index in [2.05, 4.69) is 15.9 Å². The number of hydrogen-bond acceptors (Lipinski definition) is 2. The number of nitrogens with zero attached hydrogens (tertiary/aromatic N) is 1. The number of unbranched alkanes of at least 4 members (excludes halogenated alkanes) is 1. The fraction of sp³-hybridized carbons (Fsp3) is 0.385. The Labute approximate surface area is 109 Å². The maximum Gasteiger partial charge on any atom is 0.257 e. The van der Waals surface area contributed by atoms with E-state index >= 15 is 0 Å². The number of rotatable bonds is 4. The topological polar surface area (TPSA) is 37.4 Å². The molecule has 1 heterocycles. The molecular formula is C13H14BrNO2. The highest BCUT2D eigenvalue weighted by Gasteiger charge is 2.41. The van der Waals surface area contributed by atoms with Gasteiger partial charge in [-0.1, -0.05) is 46.3 Å². The van der Waals surface area contributed by atoms with E-state index in [9.17, 15) is 9.59 Å². The Morgan fingerprint density at radius 2 is 2.00 bits per heavy atom. The Morgan fingerprint density at radius 3 is 2.76 bits per heavy atom. The third-order valence-electron chi connectivity index (χ3n) is 2.93. The third-order valence-corrected chi connectivity index (χ3v) is 3.49. The summed E-state index contributed by atoms with van der Waals surface area (Å²) in [6, 6.07) is 0. The van der Waals surface area contributed by atoms with E-state index < -0.39 is 0 Å². The molecule has 1 saturated heterocycles. The van der Waals surface area contributed by atoms with Gasteiger partial charge < -0.3 is 0 Å². The van der Waals surface area contributed by atoms with Crippen LogP contribution in [0.2, 0.25) is 0 Å². The van der Waals surface area contributed by atoms with E-state index in [-0.39, 0.29) is 17.7 Å². The molecule has 17 heavy (non-hydrogen) atoms. The molecule has 90 valence electrons. The summed E-state index contributed by atoms with van der Waals surface area (Å²) in [6.07, 6.45) is 10.8. The molecule has 1 fully saturated rings. The predicted molar refractivity (Wildman–Crippen MR) is 69.6 cm³/mol. The first kappa shape index (κ1) is 12.3. The van der Waals surface area contributed by atoms with Crippen LogP contribution in [0.3, 0.4) is 0 Å². The average Bonchev–Trinajstić information content (AvgIpc) is 2.54. The van der Waals surface area contributed by atoms with Gasteiger partial charge in [-0.3, -0.25) is 14.5 Å². The first-order chi connectivity index (χ1) is 8.25. The molecule has 0 radical (unpaired) electrons. The van der Waals surface area contributed by atoms with E-state index in [4.69, 9.17) is 0 Å². The van der Waals surface area contributed by atoms with Crippen LogP contribution < -0.4 is 0 Å². The summed E-state index contributed by atoms with van der Waals surface area (Å²) in [4.78, 5) is 25.5.